The minimum atomic E-state index is -0.288. The number of nitrogens with one attached hydrogen (secondary N) is 2. The minimum Gasteiger partial charge on any atom is -0.396 e. The number of hydrogen-bond acceptors (Lipinski definition) is 3. The molecular formula is C14H19BrN2O3. The number of rotatable bonds is 7. The van der Waals surface area contributed by atoms with Crippen molar-refractivity contribution in [1.29, 1.82) is 0 Å². The summed E-state index contributed by atoms with van der Waals surface area (Å²) in [5.74, 6) is -0.525. The number of aliphatic hydroxyl groups is 1. The summed E-state index contributed by atoms with van der Waals surface area (Å²) in [6.07, 6.45) is 1.35. The van der Waals surface area contributed by atoms with Gasteiger partial charge in [0.2, 0.25) is 5.91 Å². The number of hydrogen-bond donors (Lipinski definition) is 3. The third-order valence-electron chi connectivity index (χ3n) is 2.70. The summed E-state index contributed by atoms with van der Waals surface area (Å²) < 4.78 is 0.812. The largest absolute Gasteiger partial charge is 0.396 e. The summed E-state index contributed by atoms with van der Waals surface area (Å²) in [7, 11) is 0. The molecule has 0 saturated heterocycles. The fraction of sp³-hybridized carbons (Fsp3) is 0.429. The van der Waals surface area contributed by atoms with E-state index in [0.29, 0.717) is 18.4 Å². The molecule has 0 radical (unpaired) electrons. The summed E-state index contributed by atoms with van der Waals surface area (Å²) in [6, 6.07) is 6.94. The first kappa shape index (κ1) is 16.7. The third kappa shape index (κ3) is 6.16. The van der Waals surface area contributed by atoms with Crippen LogP contribution in [0.1, 0.15) is 30.1 Å². The van der Waals surface area contributed by atoms with Crippen LogP contribution in [-0.2, 0) is 4.79 Å². The molecule has 1 aromatic carbocycles. The highest BCUT2D eigenvalue weighted by Crippen LogP contribution is 2.11. The van der Waals surface area contributed by atoms with Crippen molar-refractivity contribution < 1.29 is 14.7 Å². The van der Waals surface area contributed by atoms with Crippen LogP contribution in [0.3, 0.4) is 0 Å². The Bertz CT molecular complexity index is 465. The van der Waals surface area contributed by atoms with Crippen molar-refractivity contribution in [2.45, 2.75) is 25.8 Å². The average molecular weight is 343 g/mol. The van der Waals surface area contributed by atoms with Gasteiger partial charge in [0.15, 0.2) is 0 Å². The van der Waals surface area contributed by atoms with Crippen LogP contribution in [-0.4, -0.2) is 36.1 Å². The van der Waals surface area contributed by atoms with Gasteiger partial charge in [0, 0.05) is 22.7 Å². The first-order valence-electron chi connectivity index (χ1n) is 6.47. The molecule has 110 valence electrons. The topological polar surface area (TPSA) is 78.4 Å². The van der Waals surface area contributed by atoms with Gasteiger partial charge >= 0.3 is 0 Å². The van der Waals surface area contributed by atoms with E-state index >= 15 is 0 Å². The van der Waals surface area contributed by atoms with Crippen LogP contribution in [0, 0.1) is 0 Å². The van der Waals surface area contributed by atoms with E-state index in [9.17, 15) is 9.59 Å². The molecule has 0 aromatic heterocycles. The van der Waals surface area contributed by atoms with Gasteiger partial charge in [0.05, 0.1) is 6.54 Å². The zero-order valence-corrected chi connectivity index (χ0v) is 12.9. The maximum Gasteiger partial charge on any atom is 0.251 e. The quantitative estimate of drug-likeness (QED) is 0.701. The number of benzene rings is 1. The Kier molecular flexibility index (Phi) is 7.25. The highest BCUT2D eigenvalue weighted by atomic mass is 79.9. The molecule has 0 aliphatic heterocycles. The Balaban J connectivity index is 2.35. The van der Waals surface area contributed by atoms with Crippen LogP contribution in [0.2, 0.25) is 0 Å². The lowest BCUT2D eigenvalue weighted by Crippen LogP contribution is -2.40. The van der Waals surface area contributed by atoms with Gasteiger partial charge < -0.3 is 15.7 Å². The van der Waals surface area contributed by atoms with Crippen molar-refractivity contribution in [2.75, 3.05) is 13.2 Å². The van der Waals surface area contributed by atoms with Crippen molar-refractivity contribution in [3.8, 4) is 0 Å². The number of halogens is 1. The summed E-state index contributed by atoms with van der Waals surface area (Å²) in [5.41, 5.74) is 0.500. The molecule has 20 heavy (non-hydrogen) atoms. The van der Waals surface area contributed by atoms with Crippen molar-refractivity contribution in [3.05, 3.63) is 34.3 Å². The zero-order valence-electron chi connectivity index (χ0n) is 11.4. The van der Waals surface area contributed by atoms with E-state index in [2.05, 4.69) is 26.6 Å². The molecule has 2 amide bonds. The summed E-state index contributed by atoms with van der Waals surface area (Å²) in [4.78, 5) is 23.4. The monoisotopic (exact) mass is 342 g/mol. The predicted molar refractivity (Wildman–Crippen MR) is 80.4 cm³/mol. The highest BCUT2D eigenvalue weighted by molar-refractivity contribution is 9.10. The molecule has 6 heteroatoms. The van der Waals surface area contributed by atoms with Crippen LogP contribution < -0.4 is 10.6 Å². The van der Waals surface area contributed by atoms with E-state index in [0.717, 1.165) is 4.47 Å². The number of carbonyl (C=O) groups is 2. The number of carbonyl (C=O) groups excluding carboxylic acids is 2. The first-order valence-corrected chi connectivity index (χ1v) is 7.26. The molecule has 1 unspecified atom stereocenters. The normalized spacial score (nSPS) is 11.8. The summed E-state index contributed by atoms with van der Waals surface area (Å²) >= 11 is 3.29. The van der Waals surface area contributed by atoms with E-state index in [1.165, 1.54) is 0 Å². The van der Waals surface area contributed by atoms with Crippen LogP contribution in [0.5, 0.6) is 0 Å². The lowest BCUT2D eigenvalue weighted by atomic mass is 10.2. The zero-order chi connectivity index (χ0) is 15.0. The Morgan fingerprint density at radius 1 is 1.40 bits per heavy atom. The fourth-order valence-corrected chi connectivity index (χ4v) is 2.09. The van der Waals surface area contributed by atoms with Gasteiger partial charge in [-0.2, -0.15) is 0 Å². The van der Waals surface area contributed by atoms with E-state index < -0.39 is 0 Å². The van der Waals surface area contributed by atoms with Crippen LogP contribution >= 0.6 is 15.9 Å². The predicted octanol–water partition coefficient (Wildman–Crippen LogP) is 1.46. The van der Waals surface area contributed by atoms with Crippen LogP contribution in [0.25, 0.3) is 0 Å². The molecule has 0 heterocycles. The van der Waals surface area contributed by atoms with Gasteiger partial charge in [-0.25, -0.2) is 0 Å². The second-order valence-electron chi connectivity index (χ2n) is 4.53. The molecule has 0 aliphatic rings. The summed E-state index contributed by atoms with van der Waals surface area (Å²) in [6.45, 7) is 1.92. The molecule has 1 atom stereocenters. The molecule has 0 aliphatic carbocycles. The standard InChI is InChI=1S/C14H19BrN2O3/c1-10(4-3-7-18)17-13(19)9-16-14(20)11-5-2-6-12(15)8-11/h2,5-6,8,10,18H,3-4,7,9H2,1H3,(H,16,20)(H,17,19). The molecule has 0 fully saturated rings. The second-order valence-corrected chi connectivity index (χ2v) is 5.44. The Hall–Kier alpha value is -1.40. The van der Waals surface area contributed by atoms with E-state index in [4.69, 9.17) is 5.11 Å². The molecule has 1 rings (SSSR count). The van der Waals surface area contributed by atoms with E-state index in [1.54, 1.807) is 18.2 Å². The van der Waals surface area contributed by atoms with Crippen LogP contribution in [0.4, 0.5) is 0 Å². The van der Waals surface area contributed by atoms with E-state index in [-0.39, 0.29) is 31.0 Å². The molecule has 0 saturated carbocycles. The second kappa shape index (κ2) is 8.71. The molecule has 1 aromatic rings. The van der Waals surface area contributed by atoms with Crippen LogP contribution in [0.15, 0.2) is 28.7 Å². The smallest absolute Gasteiger partial charge is 0.251 e. The minimum absolute atomic E-state index is 0.0163. The van der Waals surface area contributed by atoms with Crippen molar-refractivity contribution >= 4 is 27.7 Å². The Morgan fingerprint density at radius 3 is 2.80 bits per heavy atom. The fourth-order valence-electron chi connectivity index (χ4n) is 1.69. The van der Waals surface area contributed by atoms with Crippen molar-refractivity contribution in [1.82, 2.24) is 10.6 Å². The Morgan fingerprint density at radius 2 is 2.15 bits per heavy atom. The lowest BCUT2D eigenvalue weighted by molar-refractivity contribution is -0.120. The van der Waals surface area contributed by atoms with Gasteiger partial charge in [0.25, 0.3) is 5.91 Å². The van der Waals surface area contributed by atoms with Crippen molar-refractivity contribution in [3.63, 3.8) is 0 Å². The molecular weight excluding hydrogens is 324 g/mol. The highest BCUT2D eigenvalue weighted by Gasteiger charge is 2.10. The molecule has 0 bridgehead atoms. The maximum absolute atomic E-state index is 11.8. The Labute approximate surface area is 126 Å². The maximum atomic E-state index is 11.8. The van der Waals surface area contributed by atoms with Gasteiger partial charge in [-0.3, -0.25) is 9.59 Å². The van der Waals surface area contributed by atoms with Gasteiger partial charge in [-0.1, -0.05) is 22.0 Å². The van der Waals surface area contributed by atoms with Gasteiger partial charge in [0.1, 0.15) is 0 Å². The van der Waals surface area contributed by atoms with Gasteiger partial charge in [-0.05, 0) is 38.0 Å². The van der Waals surface area contributed by atoms with E-state index in [1.807, 2.05) is 13.0 Å². The SMILES string of the molecule is CC(CCCO)NC(=O)CNC(=O)c1cccc(Br)c1. The average Bonchev–Trinajstić information content (AvgIpc) is 2.42. The number of aliphatic hydroxyl groups excluding tert-OH is 1. The third-order valence-corrected chi connectivity index (χ3v) is 3.19. The first-order chi connectivity index (χ1) is 9.52. The molecule has 3 N–H and O–H groups in total. The molecule has 0 spiro atoms. The lowest BCUT2D eigenvalue weighted by Gasteiger charge is -2.13. The van der Waals surface area contributed by atoms with Crippen molar-refractivity contribution in [2.24, 2.45) is 0 Å². The molecule has 5 nitrogen and oxygen atoms in total. The summed E-state index contributed by atoms with van der Waals surface area (Å²) in [5, 5.41) is 14.0. The number of amides is 2. The van der Waals surface area contributed by atoms with Gasteiger partial charge in [-0.15, -0.1) is 0 Å².